The monoisotopic (exact) mass is 353 g/mol. The van der Waals surface area contributed by atoms with Crippen LogP contribution in [-0.2, 0) is 11.2 Å². The van der Waals surface area contributed by atoms with Crippen molar-refractivity contribution in [2.24, 2.45) is 0 Å². The number of carbonyl (C=O) groups is 2. The van der Waals surface area contributed by atoms with E-state index in [1.165, 1.54) is 5.56 Å². The number of carbonyl (C=O) groups excluding carboxylic acids is 2. The third-order valence-electron chi connectivity index (χ3n) is 3.64. The molecule has 0 unspecified atom stereocenters. The molecule has 138 valence electrons. The third-order valence-corrected chi connectivity index (χ3v) is 3.64. The number of nitrogens with one attached hydrogen (secondary N) is 3. The predicted molar refractivity (Wildman–Crippen MR) is 105 cm³/mol. The van der Waals surface area contributed by atoms with E-state index in [9.17, 15) is 9.59 Å². The Labute approximate surface area is 155 Å². The van der Waals surface area contributed by atoms with Crippen LogP contribution in [0.5, 0.6) is 0 Å². The Balaban J connectivity index is 1.74. The van der Waals surface area contributed by atoms with Gasteiger partial charge in [0.15, 0.2) is 0 Å². The second kappa shape index (κ2) is 9.15. The molecule has 0 heterocycles. The second-order valence-electron chi connectivity index (χ2n) is 7.24. The Morgan fingerprint density at radius 1 is 0.923 bits per heavy atom. The molecule has 0 aliphatic carbocycles. The highest BCUT2D eigenvalue weighted by atomic mass is 16.2. The van der Waals surface area contributed by atoms with Gasteiger partial charge in [-0.3, -0.25) is 9.59 Å². The van der Waals surface area contributed by atoms with Crippen LogP contribution in [-0.4, -0.2) is 30.4 Å². The molecule has 5 heteroatoms. The predicted octanol–water partition coefficient (Wildman–Crippen LogP) is 2.99. The van der Waals surface area contributed by atoms with Gasteiger partial charge in [0.2, 0.25) is 5.91 Å². The lowest BCUT2D eigenvalue weighted by Crippen LogP contribution is -2.40. The SMILES string of the molecule is CC(C)(C)NC(=O)c1ccc(NC(=O)CNCCc2ccccc2)cc1. The van der Waals surface area contributed by atoms with Crippen molar-refractivity contribution >= 4 is 17.5 Å². The molecule has 0 aliphatic rings. The van der Waals surface area contributed by atoms with Gasteiger partial charge in [-0.15, -0.1) is 0 Å². The lowest BCUT2D eigenvalue weighted by Gasteiger charge is -2.20. The van der Waals surface area contributed by atoms with E-state index in [2.05, 4.69) is 28.1 Å². The average molecular weight is 353 g/mol. The summed E-state index contributed by atoms with van der Waals surface area (Å²) in [6.45, 7) is 6.79. The zero-order valence-electron chi connectivity index (χ0n) is 15.6. The van der Waals surface area contributed by atoms with Crippen LogP contribution in [0.25, 0.3) is 0 Å². The first-order valence-corrected chi connectivity index (χ1v) is 8.80. The van der Waals surface area contributed by atoms with Gasteiger partial charge in [0.25, 0.3) is 5.91 Å². The van der Waals surface area contributed by atoms with E-state index in [1.807, 2.05) is 39.0 Å². The van der Waals surface area contributed by atoms with Crippen LogP contribution in [0.1, 0.15) is 36.7 Å². The van der Waals surface area contributed by atoms with Crippen molar-refractivity contribution in [1.29, 1.82) is 0 Å². The maximum Gasteiger partial charge on any atom is 0.251 e. The minimum absolute atomic E-state index is 0.107. The second-order valence-corrected chi connectivity index (χ2v) is 7.24. The van der Waals surface area contributed by atoms with Crippen LogP contribution in [0.2, 0.25) is 0 Å². The van der Waals surface area contributed by atoms with Gasteiger partial charge in [-0.1, -0.05) is 30.3 Å². The first-order valence-electron chi connectivity index (χ1n) is 8.80. The van der Waals surface area contributed by atoms with Crippen molar-refractivity contribution in [3.8, 4) is 0 Å². The first-order chi connectivity index (χ1) is 12.3. The number of amides is 2. The van der Waals surface area contributed by atoms with Crippen molar-refractivity contribution < 1.29 is 9.59 Å². The molecule has 5 nitrogen and oxygen atoms in total. The fourth-order valence-corrected chi connectivity index (χ4v) is 2.40. The zero-order chi connectivity index (χ0) is 19.0. The van der Waals surface area contributed by atoms with Crippen molar-refractivity contribution in [1.82, 2.24) is 10.6 Å². The molecule has 0 atom stereocenters. The molecule has 0 bridgehead atoms. The number of hydrogen-bond acceptors (Lipinski definition) is 3. The van der Waals surface area contributed by atoms with Crippen molar-refractivity contribution in [3.63, 3.8) is 0 Å². The van der Waals surface area contributed by atoms with Crippen LogP contribution < -0.4 is 16.0 Å². The Morgan fingerprint density at radius 3 is 2.19 bits per heavy atom. The van der Waals surface area contributed by atoms with E-state index in [-0.39, 0.29) is 23.9 Å². The van der Waals surface area contributed by atoms with Gasteiger partial charge in [0.1, 0.15) is 0 Å². The summed E-state index contributed by atoms with van der Waals surface area (Å²) in [4.78, 5) is 24.1. The van der Waals surface area contributed by atoms with E-state index in [4.69, 9.17) is 0 Å². The van der Waals surface area contributed by atoms with Crippen LogP contribution in [0.15, 0.2) is 54.6 Å². The summed E-state index contributed by atoms with van der Waals surface area (Å²) in [5.74, 6) is -0.233. The molecule has 0 spiro atoms. The highest BCUT2D eigenvalue weighted by Crippen LogP contribution is 2.11. The highest BCUT2D eigenvalue weighted by Gasteiger charge is 2.15. The molecule has 0 saturated carbocycles. The minimum Gasteiger partial charge on any atom is -0.347 e. The minimum atomic E-state index is -0.282. The fraction of sp³-hybridized carbons (Fsp3) is 0.333. The average Bonchev–Trinajstić information content (AvgIpc) is 2.59. The maximum atomic E-state index is 12.1. The van der Waals surface area contributed by atoms with Gasteiger partial charge in [-0.2, -0.15) is 0 Å². The van der Waals surface area contributed by atoms with Crippen molar-refractivity contribution in [3.05, 3.63) is 65.7 Å². The number of hydrogen-bond donors (Lipinski definition) is 3. The maximum absolute atomic E-state index is 12.1. The van der Waals surface area contributed by atoms with Gasteiger partial charge in [0.05, 0.1) is 6.54 Å². The Morgan fingerprint density at radius 2 is 1.58 bits per heavy atom. The van der Waals surface area contributed by atoms with E-state index in [0.717, 1.165) is 13.0 Å². The highest BCUT2D eigenvalue weighted by molar-refractivity contribution is 5.96. The standard InChI is InChI=1S/C21H27N3O2/c1-21(2,3)24-20(26)17-9-11-18(12-10-17)23-19(25)15-22-14-13-16-7-5-4-6-8-16/h4-12,22H,13-15H2,1-3H3,(H,23,25)(H,24,26). The number of benzene rings is 2. The quantitative estimate of drug-likeness (QED) is 0.670. The number of anilines is 1. The molecule has 0 aliphatic heterocycles. The lowest BCUT2D eigenvalue weighted by molar-refractivity contribution is -0.115. The zero-order valence-corrected chi connectivity index (χ0v) is 15.6. The Hall–Kier alpha value is -2.66. The molecule has 0 saturated heterocycles. The summed E-state index contributed by atoms with van der Waals surface area (Å²) in [7, 11) is 0. The molecule has 2 aromatic carbocycles. The fourth-order valence-electron chi connectivity index (χ4n) is 2.40. The van der Waals surface area contributed by atoms with Gasteiger partial charge in [0, 0.05) is 16.8 Å². The largest absolute Gasteiger partial charge is 0.347 e. The molecular weight excluding hydrogens is 326 g/mol. The summed E-state index contributed by atoms with van der Waals surface area (Å²) in [6, 6.07) is 17.0. The molecule has 2 rings (SSSR count). The van der Waals surface area contributed by atoms with Crippen LogP contribution in [0.4, 0.5) is 5.69 Å². The van der Waals surface area contributed by atoms with E-state index < -0.39 is 0 Å². The van der Waals surface area contributed by atoms with Crippen molar-refractivity contribution in [2.75, 3.05) is 18.4 Å². The molecule has 26 heavy (non-hydrogen) atoms. The summed E-state index contributed by atoms with van der Waals surface area (Å²) in [5, 5.41) is 8.86. The van der Waals surface area contributed by atoms with Crippen molar-refractivity contribution in [2.45, 2.75) is 32.7 Å². The summed E-state index contributed by atoms with van der Waals surface area (Å²) in [6.07, 6.45) is 0.881. The smallest absolute Gasteiger partial charge is 0.251 e. The molecule has 0 radical (unpaired) electrons. The van der Waals surface area contributed by atoms with Crippen LogP contribution in [0.3, 0.4) is 0 Å². The Bertz CT molecular complexity index is 719. The van der Waals surface area contributed by atoms with E-state index >= 15 is 0 Å². The molecule has 3 N–H and O–H groups in total. The van der Waals surface area contributed by atoms with Gasteiger partial charge < -0.3 is 16.0 Å². The van der Waals surface area contributed by atoms with Gasteiger partial charge >= 0.3 is 0 Å². The van der Waals surface area contributed by atoms with E-state index in [0.29, 0.717) is 11.3 Å². The van der Waals surface area contributed by atoms with Crippen LogP contribution in [0, 0.1) is 0 Å². The molecule has 2 amide bonds. The third kappa shape index (κ3) is 7.07. The Kier molecular flexibility index (Phi) is 6.92. The number of rotatable bonds is 7. The van der Waals surface area contributed by atoms with Gasteiger partial charge in [-0.25, -0.2) is 0 Å². The normalized spacial score (nSPS) is 11.0. The van der Waals surface area contributed by atoms with Gasteiger partial charge in [-0.05, 0) is 63.6 Å². The van der Waals surface area contributed by atoms with E-state index in [1.54, 1.807) is 24.3 Å². The molecule has 2 aromatic rings. The summed E-state index contributed by atoms with van der Waals surface area (Å²) >= 11 is 0. The molecule has 0 fully saturated rings. The summed E-state index contributed by atoms with van der Waals surface area (Å²) in [5.41, 5.74) is 2.20. The lowest BCUT2D eigenvalue weighted by atomic mass is 10.1. The van der Waals surface area contributed by atoms with Crippen LogP contribution >= 0.6 is 0 Å². The summed E-state index contributed by atoms with van der Waals surface area (Å²) < 4.78 is 0. The first kappa shape index (κ1) is 19.7. The topological polar surface area (TPSA) is 70.2 Å². The molecular formula is C21H27N3O2. The molecule has 0 aromatic heterocycles.